The van der Waals surface area contributed by atoms with Crippen molar-refractivity contribution in [2.75, 3.05) is 33.8 Å². The standard InChI is InChI=1S/C28H36N2O3/c1-5-15-30-16-14-28(23-7-6-8-26(18-23)32-4)19-25(11-10-24(28)20-30)29(3)27(31)12-9-22-13-17-33-21(22)2/h5-9,12-13,17-18,24-25H,1,10-11,14-16,19-20H2,2-4H3/b12-9+/t24-,25+,28+/m1/s1. The lowest BCUT2D eigenvalue weighted by atomic mass is 9.57. The summed E-state index contributed by atoms with van der Waals surface area (Å²) in [6.45, 7) is 8.90. The van der Waals surface area contributed by atoms with Crippen LogP contribution < -0.4 is 4.74 Å². The number of fused-ring (bicyclic) bond motifs is 1. The average Bonchev–Trinajstić information content (AvgIpc) is 3.26. The van der Waals surface area contributed by atoms with Crippen molar-refractivity contribution >= 4 is 12.0 Å². The van der Waals surface area contributed by atoms with Gasteiger partial charge in [-0.15, -0.1) is 6.58 Å². The van der Waals surface area contributed by atoms with Crippen LogP contribution in [0.25, 0.3) is 6.08 Å². The van der Waals surface area contributed by atoms with Gasteiger partial charge in [-0.05, 0) is 74.9 Å². The minimum Gasteiger partial charge on any atom is -0.497 e. The summed E-state index contributed by atoms with van der Waals surface area (Å²) >= 11 is 0. The Balaban J connectivity index is 1.57. The number of methoxy groups -OCH3 is 1. The average molecular weight is 449 g/mol. The second kappa shape index (κ2) is 10.0. The molecule has 0 radical (unpaired) electrons. The van der Waals surface area contributed by atoms with Crippen molar-refractivity contribution < 1.29 is 13.9 Å². The molecule has 1 saturated heterocycles. The van der Waals surface area contributed by atoms with Gasteiger partial charge in [-0.2, -0.15) is 0 Å². The molecule has 1 saturated carbocycles. The molecule has 1 amide bonds. The Morgan fingerprint density at radius 3 is 2.94 bits per heavy atom. The Bertz CT molecular complexity index is 1010. The van der Waals surface area contributed by atoms with Crippen LogP contribution in [0.15, 0.2) is 59.7 Å². The summed E-state index contributed by atoms with van der Waals surface area (Å²) in [5.41, 5.74) is 2.34. The number of furan rings is 1. The van der Waals surface area contributed by atoms with Gasteiger partial charge in [-0.3, -0.25) is 9.69 Å². The maximum absolute atomic E-state index is 13.1. The third-order valence-electron chi connectivity index (χ3n) is 7.81. The zero-order valence-corrected chi connectivity index (χ0v) is 20.1. The van der Waals surface area contributed by atoms with E-state index in [4.69, 9.17) is 9.15 Å². The quantitative estimate of drug-likeness (QED) is 0.438. The van der Waals surface area contributed by atoms with Gasteiger partial charge in [-0.25, -0.2) is 0 Å². The summed E-state index contributed by atoms with van der Waals surface area (Å²) < 4.78 is 10.9. The summed E-state index contributed by atoms with van der Waals surface area (Å²) in [6, 6.07) is 10.7. The van der Waals surface area contributed by atoms with Crippen LogP contribution in [0.1, 0.15) is 42.6 Å². The second-order valence-corrected chi connectivity index (χ2v) is 9.53. The third-order valence-corrected chi connectivity index (χ3v) is 7.81. The number of ether oxygens (including phenoxy) is 1. The van der Waals surface area contributed by atoms with Crippen LogP contribution >= 0.6 is 0 Å². The van der Waals surface area contributed by atoms with E-state index in [1.807, 2.05) is 43.2 Å². The van der Waals surface area contributed by atoms with Gasteiger partial charge in [0.15, 0.2) is 0 Å². The zero-order valence-electron chi connectivity index (χ0n) is 20.1. The summed E-state index contributed by atoms with van der Waals surface area (Å²) in [7, 11) is 3.68. The molecule has 2 fully saturated rings. The summed E-state index contributed by atoms with van der Waals surface area (Å²) in [4.78, 5) is 17.5. The first kappa shape index (κ1) is 23.4. The van der Waals surface area contributed by atoms with Crippen molar-refractivity contribution in [2.24, 2.45) is 5.92 Å². The van der Waals surface area contributed by atoms with Crippen LogP contribution in [-0.2, 0) is 10.2 Å². The molecule has 2 aromatic rings. The van der Waals surface area contributed by atoms with E-state index in [-0.39, 0.29) is 17.4 Å². The summed E-state index contributed by atoms with van der Waals surface area (Å²) in [5.74, 6) is 2.33. The van der Waals surface area contributed by atoms with Gasteiger partial charge in [0.1, 0.15) is 11.5 Å². The Labute approximate surface area is 197 Å². The first-order valence-corrected chi connectivity index (χ1v) is 11.9. The van der Waals surface area contributed by atoms with E-state index in [0.29, 0.717) is 5.92 Å². The van der Waals surface area contributed by atoms with Crippen LogP contribution in [0.3, 0.4) is 0 Å². The van der Waals surface area contributed by atoms with Gasteiger partial charge in [0.05, 0.1) is 13.4 Å². The van der Waals surface area contributed by atoms with Crippen LogP contribution in [0, 0.1) is 12.8 Å². The number of carbonyl (C=O) groups excluding carboxylic acids is 1. The molecule has 1 aliphatic heterocycles. The number of hydrogen-bond donors (Lipinski definition) is 0. The Morgan fingerprint density at radius 2 is 2.21 bits per heavy atom. The van der Waals surface area contributed by atoms with E-state index in [9.17, 15) is 4.79 Å². The number of hydrogen-bond acceptors (Lipinski definition) is 4. The predicted octanol–water partition coefficient (Wildman–Crippen LogP) is 5.07. The van der Waals surface area contributed by atoms with Crippen molar-refractivity contribution in [1.82, 2.24) is 9.80 Å². The molecule has 2 aliphatic rings. The minimum absolute atomic E-state index is 0.0453. The fourth-order valence-corrected chi connectivity index (χ4v) is 5.83. The zero-order chi connectivity index (χ0) is 23.4. The molecule has 0 spiro atoms. The molecule has 3 atom stereocenters. The van der Waals surface area contributed by atoms with Crippen molar-refractivity contribution in [1.29, 1.82) is 0 Å². The van der Waals surface area contributed by atoms with Gasteiger partial charge >= 0.3 is 0 Å². The number of aryl methyl sites for hydroxylation is 1. The highest BCUT2D eigenvalue weighted by atomic mass is 16.5. The van der Waals surface area contributed by atoms with E-state index >= 15 is 0 Å². The van der Waals surface area contributed by atoms with Crippen LogP contribution in [0.4, 0.5) is 0 Å². The van der Waals surface area contributed by atoms with Crippen molar-refractivity contribution in [2.45, 2.75) is 44.1 Å². The van der Waals surface area contributed by atoms with Crippen LogP contribution in [-0.4, -0.2) is 55.5 Å². The van der Waals surface area contributed by atoms with Gasteiger partial charge in [-0.1, -0.05) is 18.2 Å². The molecular formula is C28H36N2O3. The highest BCUT2D eigenvalue weighted by molar-refractivity contribution is 5.92. The Kier molecular flexibility index (Phi) is 7.08. The topological polar surface area (TPSA) is 45.9 Å². The van der Waals surface area contributed by atoms with E-state index < -0.39 is 0 Å². The molecule has 0 unspecified atom stereocenters. The third kappa shape index (κ3) is 4.79. The number of piperidine rings is 1. The lowest BCUT2D eigenvalue weighted by Gasteiger charge is -2.54. The van der Waals surface area contributed by atoms with Crippen molar-refractivity contribution in [3.63, 3.8) is 0 Å². The van der Waals surface area contributed by atoms with Gasteiger partial charge in [0.2, 0.25) is 5.91 Å². The molecule has 176 valence electrons. The van der Waals surface area contributed by atoms with Gasteiger partial charge < -0.3 is 14.1 Å². The number of benzene rings is 1. The molecule has 1 aromatic carbocycles. The summed E-state index contributed by atoms with van der Waals surface area (Å²) in [5, 5.41) is 0. The Morgan fingerprint density at radius 1 is 1.36 bits per heavy atom. The molecule has 4 rings (SSSR count). The highest BCUT2D eigenvalue weighted by Crippen LogP contribution is 2.50. The van der Waals surface area contributed by atoms with E-state index in [2.05, 4.69) is 29.7 Å². The van der Waals surface area contributed by atoms with Gasteiger partial charge in [0.25, 0.3) is 0 Å². The first-order valence-electron chi connectivity index (χ1n) is 11.9. The van der Waals surface area contributed by atoms with Gasteiger partial charge in [0, 0.05) is 43.2 Å². The smallest absolute Gasteiger partial charge is 0.246 e. The maximum Gasteiger partial charge on any atom is 0.246 e. The van der Waals surface area contributed by atoms with Crippen LogP contribution in [0.5, 0.6) is 5.75 Å². The molecule has 33 heavy (non-hydrogen) atoms. The van der Waals surface area contributed by atoms with Crippen molar-refractivity contribution in [3.8, 4) is 5.75 Å². The number of likely N-dealkylation sites (N-methyl/N-ethyl adjacent to an activating group) is 1. The van der Waals surface area contributed by atoms with Crippen molar-refractivity contribution in [3.05, 3.63) is 72.2 Å². The van der Waals surface area contributed by atoms with E-state index in [0.717, 1.165) is 62.4 Å². The first-order chi connectivity index (χ1) is 16.0. The maximum atomic E-state index is 13.1. The molecule has 1 aliphatic carbocycles. The normalized spacial score (nSPS) is 25.5. The monoisotopic (exact) mass is 448 g/mol. The number of rotatable bonds is 7. The fraction of sp³-hybridized carbons (Fsp3) is 0.464. The van der Waals surface area contributed by atoms with E-state index in [1.54, 1.807) is 19.4 Å². The molecule has 0 bridgehead atoms. The summed E-state index contributed by atoms with van der Waals surface area (Å²) in [6.07, 6.45) is 11.4. The predicted molar refractivity (Wildman–Crippen MR) is 132 cm³/mol. The Hall–Kier alpha value is -2.79. The largest absolute Gasteiger partial charge is 0.497 e. The van der Waals surface area contributed by atoms with Crippen LogP contribution in [0.2, 0.25) is 0 Å². The minimum atomic E-state index is 0.0453. The lowest BCUT2D eigenvalue weighted by molar-refractivity contribution is -0.128. The SMILES string of the molecule is C=CCN1CC[C@@]2(c3cccc(OC)c3)C[C@@H](N(C)C(=O)/C=C/c3ccoc3C)CC[C@@H]2C1. The molecule has 0 N–H and O–H groups in total. The molecule has 2 heterocycles. The lowest BCUT2D eigenvalue weighted by Crippen LogP contribution is -2.56. The second-order valence-electron chi connectivity index (χ2n) is 9.53. The number of amides is 1. The molecule has 5 heteroatoms. The molecule has 5 nitrogen and oxygen atoms in total. The fourth-order valence-electron chi connectivity index (χ4n) is 5.83. The number of carbonyl (C=O) groups is 1. The van der Waals surface area contributed by atoms with E-state index in [1.165, 1.54) is 5.56 Å². The molecule has 1 aromatic heterocycles. The molecular weight excluding hydrogens is 412 g/mol. The number of nitrogens with zero attached hydrogens (tertiary/aromatic N) is 2. The number of likely N-dealkylation sites (tertiary alicyclic amines) is 1. The highest BCUT2D eigenvalue weighted by Gasteiger charge is 2.49.